The van der Waals surface area contributed by atoms with Crippen LogP contribution in [-0.2, 0) is 4.79 Å². The average Bonchev–Trinajstić information content (AvgIpc) is 3.11. The second-order valence-corrected chi connectivity index (χ2v) is 7.70. The third kappa shape index (κ3) is 2.72. The van der Waals surface area contributed by atoms with Crippen LogP contribution in [0.2, 0.25) is 0 Å². The van der Waals surface area contributed by atoms with Gasteiger partial charge >= 0.3 is 6.03 Å². The smallest absolute Gasteiger partial charge is 0.325 e. The minimum absolute atomic E-state index is 0.106. The lowest BCUT2D eigenvalue weighted by atomic mass is 9.83. The number of urea groups is 1. The molecule has 2 aromatic carbocycles. The molecule has 2 aromatic rings. The first kappa shape index (κ1) is 17.8. The summed E-state index contributed by atoms with van der Waals surface area (Å²) in [6.45, 7) is 1.08. The minimum atomic E-state index is -1.02. The summed E-state index contributed by atoms with van der Waals surface area (Å²) in [5.74, 6) is -0.681. The molecule has 7 heteroatoms. The Kier molecular flexibility index (Phi) is 4.12. The zero-order chi connectivity index (χ0) is 20.1. The molecule has 29 heavy (non-hydrogen) atoms. The molecule has 0 bridgehead atoms. The average molecular weight is 393 g/mol. The van der Waals surface area contributed by atoms with Gasteiger partial charge in [0, 0.05) is 48.8 Å². The SMILES string of the molecule is O=C1CCC2CN(C(=O)N3CCNC(=O)C3c3ccccc3F)c3cccc1c32. The second kappa shape index (κ2) is 6.69. The number of nitrogens with zero attached hydrogens (tertiary/aromatic N) is 2. The van der Waals surface area contributed by atoms with E-state index in [2.05, 4.69) is 5.32 Å². The largest absolute Gasteiger partial charge is 0.352 e. The number of benzene rings is 2. The number of halogens is 1. The third-order valence-corrected chi connectivity index (χ3v) is 6.09. The fraction of sp³-hybridized carbons (Fsp3) is 0.318. The van der Waals surface area contributed by atoms with Gasteiger partial charge in [0.2, 0.25) is 5.91 Å². The molecule has 6 nitrogen and oxygen atoms in total. The van der Waals surface area contributed by atoms with Crippen molar-refractivity contribution >= 4 is 23.4 Å². The Morgan fingerprint density at radius 1 is 1.10 bits per heavy atom. The second-order valence-electron chi connectivity index (χ2n) is 7.70. The number of piperazine rings is 1. The summed E-state index contributed by atoms with van der Waals surface area (Å²) in [6.07, 6.45) is 1.19. The first-order valence-corrected chi connectivity index (χ1v) is 9.82. The molecule has 0 radical (unpaired) electrons. The number of carbonyl (C=O) groups excluding carboxylic acids is 3. The summed E-state index contributed by atoms with van der Waals surface area (Å²) in [6, 6.07) is 10.1. The summed E-state index contributed by atoms with van der Waals surface area (Å²) in [5, 5.41) is 2.73. The van der Waals surface area contributed by atoms with Crippen LogP contribution in [0, 0.1) is 5.82 Å². The number of anilines is 1. The van der Waals surface area contributed by atoms with Gasteiger partial charge in [-0.15, -0.1) is 0 Å². The van der Waals surface area contributed by atoms with Crippen LogP contribution in [0.1, 0.15) is 46.3 Å². The van der Waals surface area contributed by atoms with Crippen molar-refractivity contribution in [3.05, 3.63) is 65.0 Å². The number of amides is 3. The zero-order valence-corrected chi connectivity index (χ0v) is 15.7. The monoisotopic (exact) mass is 393 g/mol. The van der Waals surface area contributed by atoms with Crippen LogP contribution >= 0.6 is 0 Å². The molecule has 0 saturated carbocycles. The fourth-order valence-electron chi connectivity index (χ4n) is 4.76. The van der Waals surface area contributed by atoms with Gasteiger partial charge in [-0.05, 0) is 24.1 Å². The Morgan fingerprint density at radius 3 is 2.76 bits per heavy atom. The lowest BCUT2D eigenvalue weighted by Crippen LogP contribution is -2.55. The van der Waals surface area contributed by atoms with E-state index in [1.54, 1.807) is 23.1 Å². The van der Waals surface area contributed by atoms with Crippen molar-refractivity contribution in [2.24, 2.45) is 0 Å². The standard InChI is InChI=1S/C22H20FN3O3/c23-16-6-2-1-4-14(16)20-21(28)24-10-11-25(20)22(29)26-12-13-8-9-18(27)15-5-3-7-17(26)19(13)15/h1-7,13,20H,8-12H2,(H,24,28). The van der Waals surface area contributed by atoms with Gasteiger partial charge < -0.3 is 10.2 Å². The molecule has 1 fully saturated rings. The number of Topliss-reactive ketones (excluding diaryl/α,β-unsaturated/α-hetero) is 1. The molecule has 2 heterocycles. The van der Waals surface area contributed by atoms with Crippen LogP contribution in [0.3, 0.4) is 0 Å². The van der Waals surface area contributed by atoms with Crippen LogP contribution in [0.5, 0.6) is 0 Å². The van der Waals surface area contributed by atoms with Gasteiger partial charge in [-0.25, -0.2) is 9.18 Å². The van der Waals surface area contributed by atoms with Crippen molar-refractivity contribution in [3.8, 4) is 0 Å². The molecule has 2 atom stereocenters. The van der Waals surface area contributed by atoms with E-state index in [-0.39, 0.29) is 29.2 Å². The van der Waals surface area contributed by atoms with Crippen molar-refractivity contribution in [1.29, 1.82) is 0 Å². The van der Waals surface area contributed by atoms with E-state index in [1.165, 1.54) is 17.0 Å². The first-order chi connectivity index (χ1) is 14.1. The summed E-state index contributed by atoms with van der Waals surface area (Å²) in [4.78, 5) is 41.5. The maximum atomic E-state index is 14.5. The van der Waals surface area contributed by atoms with E-state index in [9.17, 15) is 18.8 Å². The highest BCUT2D eigenvalue weighted by atomic mass is 19.1. The Morgan fingerprint density at radius 2 is 1.93 bits per heavy atom. The van der Waals surface area contributed by atoms with Crippen LogP contribution in [-0.4, -0.2) is 42.3 Å². The van der Waals surface area contributed by atoms with Crippen LogP contribution in [0.4, 0.5) is 14.9 Å². The van der Waals surface area contributed by atoms with Crippen molar-refractivity contribution in [2.45, 2.75) is 24.8 Å². The van der Waals surface area contributed by atoms with E-state index in [4.69, 9.17) is 0 Å². The van der Waals surface area contributed by atoms with Gasteiger partial charge in [0.05, 0.1) is 0 Å². The number of hydrogen-bond donors (Lipinski definition) is 1. The van der Waals surface area contributed by atoms with E-state index in [0.29, 0.717) is 38.0 Å². The van der Waals surface area contributed by atoms with Gasteiger partial charge in [0.25, 0.3) is 0 Å². The normalized spacial score (nSPS) is 23.1. The van der Waals surface area contributed by atoms with Gasteiger partial charge in [0.1, 0.15) is 11.9 Å². The number of nitrogens with one attached hydrogen (secondary N) is 1. The van der Waals surface area contributed by atoms with E-state index in [0.717, 1.165) is 11.3 Å². The molecule has 148 valence electrons. The lowest BCUT2D eigenvalue weighted by molar-refractivity contribution is -0.127. The highest BCUT2D eigenvalue weighted by Crippen LogP contribution is 2.45. The van der Waals surface area contributed by atoms with Crippen LogP contribution < -0.4 is 10.2 Å². The lowest BCUT2D eigenvalue weighted by Gasteiger charge is -2.37. The van der Waals surface area contributed by atoms with Gasteiger partial charge in [-0.1, -0.05) is 30.3 Å². The molecule has 5 rings (SSSR count). The molecule has 0 spiro atoms. The molecule has 2 aliphatic heterocycles. The zero-order valence-electron chi connectivity index (χ0n) is 15.7. The minimum Gasteiger partial charge on any atom is -0.352 e. The third-order valence-electron chi connectivity index (χ3n) is 6.09. The van der Waals surface area contributed by atoms with E-state index < -0.39 is 11.9 Å². The Labute approximate surface area is 167 Å². The molecule has 1 aliphatic carbocycles. The predicted octanol–water partition coefficient (Wildman–Crippen LogP) is 3.00. The molecule has 2 unspecified atom stereocenters. The van der Waals surface area contributed by atoms with Crippen LogP contribution in [0.15, 0.2) is 42.5 Å². The molecule has 1 N–H and O–H groups in total. The van der Waals surface area contributed by atoms with Gasteiger partial charge in [-0.2, -0.15) is 0 Å². The van der Waals surface area contributed by atoms with Crippen molar-refractivity contribution < 1.29 is 18.8 Å². The predicted molar refractivity (Wildman–Crippen MR) is 104 cm³/mol. The van der Waals surface area contributed by atoms with Crippen molar-refractivity contribution in [2.75, 3.05) is 24.5 Å². The first-order valence-electron chi connectivity index (χ1n) is 9.82. The highest BCUT2D eigenvalue weighted by molar-refractivity contribution is 6.04. The Balaban J connectivity index is 1.53. The topological polar surface area (TPSA) is 69.7 Å². The summed E-state index contributed by atoms with van der Waals surface area (Å²) in [5.41, 5.74) is 2.53. The quantitative estimate of drug-likeness (QED) is 0.810. The summed E-state index contributed by atoms with van der Waals surface area (Å²) < 4.78 is 14.5. The molecule has 3 aliphatic rings. The van der Waals surface area contributed by atoms with Gasteiger partial charge in [-0.3, -0.25) is 14.5 Å². The van der Waals surface area contributed by atoms with E-state index >= 15 is 0 Å². The highest BCUT2D eigenvalue weighted by Gasteiger charge is 2.43. The van der Waals surface area contributed by atoms with Crippen molar-refractivity contribution in [3.63, 3.8) is 0 Å². The molecule has 0 aromatic heterocycles. The van der Waals surface area contributed by atoms with E-state index in [1.807, 2.05) is 12.1 Å². The number of ketones is 1. The Bertz CT molecular complexity index is 1040. The number of rotatable bonds is 1. The summed E-state index contributed by atoms with van der Waals surface area (Å²) in [7, 11) is 0. The fourth-order valence-corrected chi connectivity index (χ4v) is 4.76. The molecule has 3 amide bonds. The number of carbonyl (C=O) groups is 3. The van der Waals surface area contributed by atoms with Crippen LogP contribution in [0.25, 0.3) is 0 Å². The molecular formula is C22H20FN3O3. The summed E-state index contributed by atoms with van der Waals surface area (Å²) >= 11 is 0. The number of hydrogen-bond acceptors (Lipinski definition) is 3. The molecular weight excluding hydrogens is 373 g/mol. The van der Waals surface area contributed by atoms with Gasteiger partial charge in [0.15, 0.2) is 5.78 Å². The maximum absolute atomic E-state index is 14.5. The van der Waals surface area contributed by atoms with Crippen molar-refractivity contribution in [1.82, 2.24) is 10.2 Å². The Hall–Kier alpha value is -3.22. The molecule has 1 saturated heterocycles. The maximum Gasteiger partial charge on any atom is 0.325 e.